The third-order valence-electron chi connectivity index (χ3n) is 3.23. The number of nitrogens with one attached hydrogen (secondary N) is 2. The van der Waals surface area contributed by atoms with Crippen LogP contribution < -0.4 is 10.0 Å². The summed E-state index contributed by atoms with van der Waals surface area (Å²) in [4.78, 5) is 23.8. The maximum atomic E-state index is 12.0. The molecule has 1 aromatic heterocycles. The summed E-state index contributed by atoms with van der Waals surface area (Å²) in [6, 6.07) is -0.281. The summed E-state index contributed by atoms with van der Waals surface area (Å²) in [5.74, 6) is -0.427. The summed E-state index contributed by atoms with van der Waals surface area (Å²) in [7, 11) is 0. The van der Waals surface area contributed by atoms with Crippen LogP contribution in [0, 0.1) is 0 Å². The number of hydrogen-bond acceptors (Lipinski definition) is 5. The Hall–Kier alpha value is -1.70. The van der Waals surface area contributed by atoms with Crippen molar-refractivity contribution in [1.82, 2.24) is 19.8 Å². The monoisotopic (exact) mass is 356 g/mol. The smallest absolute Gasteiger partial charge is 0.342 e. The van der Waals surface area contributed by atoms with Gasteiger partial charge in [0.25, 0.3) is 0 Å². The number of aromatic nitrogens is 2. The Kier molecular flexibility index (Phi) is 9.98. The lowest BCUT2D eigenvalue weighted by Gasteiger charge is -2.06. The number of carbonyl (C=O) groups is 2. The lowest BCUT2D eigenvalue weighted by atomic mass is 10.2. The van der Waals surface area contributed by atoms with E-state index < -0.39 is 5.97 Å². The van der Waals surface area contributed by atoms with E-state index in [4.69, 9.17) is 4.74 Å². The standard InChI is InChI=1S/C16H28N4O3S/c1-4-7-8-9-10-17-16(22)19-24-14-13(15(21)23-6-3)12-20(18-14)11-5-2/h12H,4-11H2,1-3H3,(H2,17,19,22). The van der Waals surface area contributed by atoms with Crippen molar-refractivity contribution in [2.75, 3.05) is 13.2 Å². The molecule has 8 heteroatoms. The van der Waals surface area contributed by atoms with Gasteiger partial charge < -0.3 is 10.1 Å². The van der Waals surface area contributed by atoms with Gasteiger partial charge in [0.1, 0.15) is 5.56 Å². The fourth-order valence-corrected chi connectivity index (χ4v) is 2.71. The molecule has 0 unspecified atom stereocenters. The summed E-state index contributed by atoms with van der Waals surface area (Å²) < 4.78 is 9.39. The largest absolute Gasteiger partial charge is 0.462 e. The number of urea groups is 1. The first-order valence-corrected chi connectivity index (χ1v) is 9.39. The van der Waals surface area contributed by atoms with Gasteiger partial charge in [0.2, 0.25) is 0 Å². The van der Waals surface area contributed by atoms with Gasteiger partial charge in [0, 0.05) is 31.2 Å². The molecule has 0 aliphatic carbocycles. The minimum atomic E-state index is -0.427. The maximum absolute atomic E-state index is 12.0. The van der Waals surface area contributed by atoms with E-state index in [-0.39, 0.29) is 6.03 Å². The molecular formula is C16H28N4O3S. The maximum Gasteiger partial charge on any atom is 0.342 e. The summed E-state index contributed by atoms with van der Waals surface area (Å²) in [6.45, 7) is 7.58. The molecule has 24 heavy (non-hydrogen) atoms. The number of amides is 2. The Bertz CT molecular complexity index is 519. The molecule has 0 spiro atoms. The van der Waals surface area contributed by atoms with Crippen LogP contribution in [0.4, 0.5) is 4.79 Å². The zero-order chi connectivity index (χ0) is 17.8. The van der Waals surface area contributed by atoms with Crippen molar-refractivity contribution in [2.45, 2.75) is 64.4 Å². The molecule has 0 saturated carbocycles. The second kappa shape index (κ2) is 11.8. The van der Waals surface area contributed by atoms with Gasteiger partial charge in [-0.25, -0.2) is 9.59 Å². The van der Waals surface area contributed by atoms with Gasteiger partial charge in [0.05, 0.1) is 6.61 Å². The number of carbonyl (C=O) groups excluding carboxylic acids is 2. The van der Waals surface area contributed by atoms with Crippen LogP contribution in [0.3, 0.4) is 0 Å². The number of esters is 1. The Morgan fingerprint density at radius 2 is 2.00 bits per heavy atom. The molecule has 2 N–H and O–H groups in total. The summed E-state index contributed by atoms with van der Waals surface area (Å²) in [5, 5.41) is 7.58. The lowest BCUT2D eigenvalue weighted by Crippen LogP contribution is -2.32. The number of ether oxygens (including phenoxy) is 1. The van der Waals surface area contributed by atoms with Crippen molar-refractivity contribution >= 4 is 23.9 Å². The zero-order valence-electron chi connectivity index (χ0n) is 14.8. The van der Waals surface area contributed by atoms with Crippen LogP contribution in [-0.4, -0.2) is 34.9 Å². The van der Waals surface area contributed by atoms with E-state index in [0.717, 1.165) is 31.2 Å². The second-order valence-electron chi connectivity index (χ2n) is 5.35. The Labute approximate surface area is 148 Å². The van der Waals surface area contributed by atoms with Gasteiger partial charge >= 0.3 is 12.0 Å². The van der Waals surface area contributed by atoms with Crippen LogP contribution in [0.5, 0.6) is 0 Å². The highest BCUT2D eigenvalue weighted by molar-refractivity contribution is 7.98. The average Bonchev–Trinajstić information content (AvgIpc) is 2.96. The van der Waals surface area contributed by atoms with Gasteiger partial charge in [-0.15, -0.1) is 0 Å². The van der Waals surface area contributed by atoms with E-state index in [1.165, 1.54) is 12.8 Å². The summed E-state index contributed by atoms with van der Waals surface area (Å²) >= 11 is 1.03. The first kappa shape index (κ1) is 20.3. The van der Waals surface area contributed by atoms with Gasteiger partial charge in [-0.1, -0.05) is 33.1 Å². The Morgan fingerprint density at radius 3 is 2.67 bits per heavy atom. The molecule has 0 aromatic carbocycles. The van der Waals surface area contributed by atoms with Gasteiger partial charge in [-0.3, -0.25) is 9.40 Å². The van der Waals surface area contributed by atoms with E-state index in [1.54, 1.807) is 17.8 Å². The number of unbranched alkanes of at least 4 members (excludes halogenated alkanes) is 3. The summed E-state index contributed by atoms with van der Waals surface area (Å²) in [6.07, 6.45) is 6.98. The lowest BCUT2D eigenvalue weighted by molar-refractivity contribution is 0.0522. The van der Waals surface area contributed by atoms with Crippen LogP contribution in [0.15, 0.2) is 11.2 Å². The summed E-state index contributed by atoms with van der Waals surface area (Å²) in [5.41, 5.74) is 0.374. The average molecular weight is 356 g/mol. The predicted molar refractivity (Wildman–Crippen MR) is 95.0 cm³/mol. The van der Waals surface area contributed by atoms with Crippen molar-refractivity contribution in [3.8, 4) is 0 Å². The van der Waals surface area contributed by atoms with E-state index in [9.17, 15) is 9.59 Å². The molecule has 1 rings (SSSR count). The van der Waals surface area contributed by atoms with Crippen molar-refractivity contribution in [1.29, 1.82) is 0 Å². The Balaban J connectivity index is 2.52. The van der Waals surface area contributed by atoms with Crippen molar-refractivity contribution in [3.63, 3.8) is 0 Å². The number of nitrogens with zero attached hydrogens (tertiary/aromatic N) is 2. The predicted octanol–water partition coefficient (Wildman–Crippen LogP) is 3.36. The fraction of sp³-hybridized carbons (Fsp3) is 0.688. The molecule has 1 heterocycles. The topological polar surface area (TPSA) is 85.3 Å². The normalized spacial score (nSPS) is 10.5. The quantitative estimate of drug-likeness (QED) is 0.361. The highest BCUT2D eigenvalue weighted by atomic mass is 32.2. The molecule has 1 aromatic rings. The molecule has 0 atom stereocenters. The van der Waals surface area contributed by atoms with Crippen LogP contribution in [-0.2, 0) is 11.3 Å². The van der Waals surface area contributed by atoms with Gasteiger partial charge in [-0.2, -0.15) is 5.10 Å². The third-order valence-corrected chi connectivity index (χ3v) is 4.01. The zero-order valence-corrected chi connectivity index (χ0v) is 15.6. The molecule has 7 nitrogen and oxygen atoms in total. The van der Waals surface area contributed by atoms with Crippen LogP contribution in [0.1, 0.15) is 63.2 Å². The molecule has 2 amide bonds. The molecule has 136 valence electrons. The van der Waals surface area contributed by atoms with Crippen LogP contribution in [0.25, 0.3) is 0 Å². The molecular weight excluding hydrogens is 328 g/mol. The highest BCUT2D eigenvalue weighted by Gasteiger charge is 2.19. The molecule has 0 radical (unpaired) electrons. The van der Waals surface area contributed by atoms with Crippen molar-refractivity contribution < 1.29 is 14.3 Å². The minimum Gasteiger partial charge on any atom is -0.462 e. The van der Waals surface area contributed by atoms with Crippen LogP contribution in [0.2, 0.25) is 0 Å². The van der Waals surface area contributed by atoms with Gasteiger partial charge in [-0.05, 0) is 19.8 Å². The third kappa shape index (κ3) is 7.25. The molecule has 0 aliphatic heterocycles. The van der Waals surface area contributed by atoms with E-state index in [0.29, 0.717) is 30.3 Å². The van der Waals surface area contributed by atoms with E-state index in [2.05, 4.69) is 22.1 Å². The van der Waals surface area contributed by atoms with Crippen molar-refractivity contribution in [3.05, 3.63) is 11.8 Å². The van der Waals surface area contributed by atoms with Crippen LogP contribution >= 0.6 is 11.9 Å². The van der Waals surface area contributed by atoms with Gasteiger partial charge in [0.15, 0.2) is 5.03 Å². The number of aryl methyl sites for hydroxylation is 1. The second-order valence-corrected chi connectivity index (χ2v) is 6.15. The number of hydrogen-bond donors (Lipinski definition) is 2. The molecule has 0 aliphatic rings. The fourth-order valence-electron chi connectivity index (χ4n) is 2.06. The van der Waals surface area contributed by atoms with E-state index >= 15 is 0 Å². The van der Waals surface area contributed by atoms with Crippen molar-refractivity contribution in [2.24, 2.45) is 0 Å². The first-order chi connectivity index (χ1) is 11.6. The molecule has 0 fully saturated rings. The minimum absolute atomic E-state index is 0.281. The Morgan fingerprint density at radius 1 is 1.21 bits per heavy atom. The molecule has 0 bridgehead atoms. The highest BCUT2D eigenvalue weighted by Crippen LogP contribution is 2.19. The SMILES string of the molecule is CCCCCCNC(=O)NSc1nn(CCC)cc1C(=O)OCC. The number of rotatable bonds is 11. The molecule has 0 saturated heterocycles. The first-order valence-electron chi connectivity index (χ1n) is 8.57. The van der Waals surface area contributed by atoms with E-state index in [1.807, 2.05) is 6.92 Å².